The summed E-state index contributed by atoms with van der Waals surface area (Å²) in [6.07, 6.45) is 40.0. The van der Waals surface area contributed by atoms with Gasteiger partial charge in [-0.1, -0.05) is 133 Å². The number of carboxylic acid groups (broad SMARTS) is 1. The van der Waals surface area contributed by atoms with Gasteiger partial charge in [-0.05, 0) is 64.2 Å². The largest absolute Gasteiger partial charge is 0.480 e. The number of aliphatic hydroxyl groups excluding tert-OH is 1. The minimum Gasteiger partial charge on any atom is -0.480 e. The lowest BCUT2D eigenvalue weighted by atomic mass is 10.0. The number of carbonyl (C=O) groups is 4. The van der Waals surface area contributed by atoms with Crippen molar-refractivity contribution in [3.8, 4) is 0 Å². The van der Waals surface area contributed by atoms with Gasteiger partial charge in [-0.15, -0.1) is 0 Å². The van der Waals surface area contributed by atoms with Crippen molar-refractivity contribution in [2.75, 3.05) is 13.2 Å². The van der Waals surface area contributed by atoms with E-state index in [2.05, 4.69) is 73.1 Å². The van der Waals surface area contributed by atoms with Crippen LogP contribution in [0.15, 0.2) is 48.6 Å². The van der Waals surface area contributed by atoms with Crippen molar-refractivity contribution in [2.24, 2.45) is 0 Å². The molecule has 0 aliphatic heterocycles. The number of rotatable bonds is 34. The number of carbonyl (C=O) groups excluding carboxylic acids is 3. The smallest absolute Gasteiger partial charge is 0.328 e. The molecule has 286 valence electrons. The number of aliphatic carboxylic acids is 1. The molecule has 2 unspecified atom stereocenters. The molecule has 0 fully saturated rings. The number of allylic oxidation sites excluding steroid dienone is 8. The number of unbranched alkanes of at least 4 members (excludes halogenated alkanes) is 12. The predicted octanol–water partition coefficient (Wildman–Crippen LogP) is 8.81. The van der Waals surface area contributed by atoms with Crippen LogP contribution in [0.4, 0.5) is 0 Å². The molecule has 0 aromatic heterocycles. The van der Waals surface area contributed by atoms with Crippen LogP contribution in [-0.4, -0.2) is 59.3 Å². The lowest BCUT2D eigenvalue weighted by molar-refractivity contribution is -0.149. The summed E-state index contributed by atoms with van der Waals surface area (Å²) in [5, 5.41) is 22.5. The number of nitrogens with one attached hydrogen (secondary N) is 2. The maximum Gasteiger partial charge on any atom is 0.328 e. The van der Waals surface area contributed by atoms with Gasteiger partial charge in [0.2, 0.25) is 11.8 Å². The second-order valence-electron chi connectivity index (χ2n) is 13.0. The van der Waals surface area contributed by atoms with E-state index in [4.69, 9.17) is 14.9 Å². The molecule has 9 nitrogen and oxygen atoms in total. The van der Waals surface area contributed by atoms with Crippen LogP contribution in [0, 0.1) is 0 Å². The van der Waals surface area contributed by atoms with Crippen molar-refractivity contribution in [3.05, 3.63) is 48.6 Å². The maximum atomic E-state index is 12.7. The highest BCUT2D eigenvalue weighted by Crippen LogP contribution is 2.18. The molecule has 9 heteroatoms. The van der Waals surface area contributed by atoms with Crippen LogP contribution < -0.4 is 10.6 Å². The van der Waals surface area contributed by atoms with Gasteiger partial charge in [-0.3, -0.25) is 14.4 Å². The lowest BCUT2D eigenvalue weighted by Crippen LogP contribution is -2.47. The average molecular weight is 703 g/mol. The van der Waals surface area contributed by atoms with Gasteiger partial charge in [0.05, 0.1) is 13.2 Å². The highest BCUT2D eigenvalue weighted by Gasteiger charge is 2.19. The molecule has 0 saturated heterocycles. The van der Waals surface area contributed by atoms with Crippen molar-refractivity contribution in [1.82, 2.24) is 10.6 Å². The SMILES string of the molecule is CC/C=C\C/C=C\C/C=C\C/C=C\CCC(=O)OC(CCCCCCCCCCC)CCCCCCCC(=O)NCC(=O)NC(CO)C(=O)O. The fourth-order valence-electron chi connectivity index (χ4n) is 5.37. The normalized spacial score (nSPS) is 13.0. The first-order valence-corrected chi connectivity index (χ1v) is 19.5. The highest BCUT2D eigenvalue weighted by molar-refractivity contribution is 5.87. The number of aliphatic hydroxyl groups is 1. The van der Waals surface area contributed by atoms with Crippen LogP contribution in [0.2, 0.25) is 0 Å². The van der Waals surface area contributed by atoms with Gasteiger partial charge >= 0.3 is 11.9 Å². The Morgan fingerprint density at radius 3 is 1.64 bits per heavy atom. The van der Waals surface area contributed by atoms with Gasteiger partial charge in [0.1, 0.15) is 12.1 Å². The molecule has 0 aliphatic carbocycles. The van der Waals surface area contributed by atoms with E-state index in [0.29, 0.717) is 19.3 Å². The van der Waals surface area contributed by atoms with Crippen molar-refractivity contribution in [3.63, 3.8) is 0 Å². The molecule has 2 atom stereocenters. The number of carboxylic acids is 1. The van der Waals surface area contributed by atoms with Crippen LogP contribution in [0.1, 0.15) is 162 Å². The average Bonchev–Trinajstić information content (AvgIpc) is 3.10. The molecule has 0 spiro atoms. The standard InChI is InChI=1S/C41H70N2O7/c1-3-5-7-9-11-13-14-15-16-18-20-25-29-33-40(47)50-36(30-26-22-19-17-12-10-8-6-4-2)31-27-23-21-24-28-32-38(45)42-34-39(46)43-37(35-44)41(48)49/h5,7,11,13,15-16,20,25,36-37,44H,3-4,6,8-10,12,14,17-19,21-24,26-35H2,1-2H3,(H,42,45)(H,43,46)(H,48,49)/b7-5-,13-11-,16-15-,25-20-. The molecule has 0 aromatic rings. The fourth-order valence-corrected chi connectivity index (χ4v) is 5.37. The van der Waals surface area contributed by atoms with E-state index in [9.17, 15) is 19.2 Å². The van der Waals surface area contributed by atoms with Gasteiger partial charge in [-0.2, -0.15) is 0 Å². The number of ether oxygens (including phenoxy) is 1. The highest BCUT2D eigenvalue weighted by atomic mass is 16.5. The van der Waals surface area contributed by atoms with Gasteiger partial charge in [0, 0.05) is 12.8 Å². The third-order valence-corrected chi connectivity index (χ3v) is 8.35. The van der Waals surface area contributed by atoms with E-state index in [1.807, 2.05) is 0 Å². The molecular weight excluding hydrogens is 632 g/mol. The molecule has 0 aromatic carbocycles. The molecule has 0 bridgehead atoms. The Balaban J connectivity index is 4.38. The molecule has 4 N–H and O–H groups in total. The predicted molar refractivity (Wildman–Crippen MR) is 204 cm³/mol. The van der Waals surface area contributed by atoms with Crippen LogP contribution >= 0.6 is 0 Å². The number of esters is 1. The molecule has 0 rings (SSSR count). The van der Waals surface area contributed by atoms with E-state index in [0.717, 1.165) is 70.6 Å². The first-order chi connectivity index (χ1) is 24.3. The Morgan fingerprint density at radius 2 is 1.12 bits per heavy atom. The van der Waals surface area contributed by atoms with Crippen LogP contribution in [0.25, 0.3) is 0 Å². The number of hydrogen-bond donors (Lipinski definition) is 4. The third-order valence-electron chi connectivity index (χ3n) is 8.35. The second-order valence-corrected chi connectivity index (χ2v) is 13.0. The first kappa shape index (κ1) is 46.8. The van der Waals surface area contributed by atoms with Crippen molar-refractivity contribution in [2.45, 2.75) is 174 Å². The Morgan fingerprint density at radius 1 is 0.620 bits per heavy atom. The summed E-state index contributed by atoms with van der Waals surface area (Å²) in [6.45, 7) is 3.33. The molecular formula is C41H70N2O7. The summed E-state index contributed by atoms with van der Waals surface area (Å²) in [5.74, 6) is -2.39. The fraction of sp³-hybridized carbons (Fsp3) is 0.707. The lowest BCUT2D eigenvalue weighted by Gasteiger charge is -2.18. The van der Waals surface area contributed by atoms with E-state index in [1.54, 1.807) is 0 Å². The molecule has 0 radical (unpaired) electrons. The second kappa shape index (κ2) is 35.6. The Bertz CT molecular complexity index is 989. The zero-order valence-electron chi connectivity index (χ0n) is 31.4. The molecule has 50 heavy (non-hydrogen) atoms. The van der Waals surface area contributed by atoms with E-state index in [1.165, 1.54) is 51.4 Å². The maximum absolute atomic E-state index is 12.7. The van der Waals surface area contributed by atoms with Gasteiger partial charge in [0.25, 0.3) is 0 Å². The molecule has 0 heterocycles. The summed E-state index contributed by atoms with van der Waals surface area (Å²) in [4.78, 5) is 47.3. The van der Waals surface area contributed by atoms with E-state index in [-0.39, 0.29) is 30.9 Å². The number of amides is 2. The third kappa shape index (κ3) is 32.0. The zero-order valence-corrected chi connectivity index (χ0v) is 31.4. The summed E-state index contributed by atoms with van der Waals surface area (Å²) < 4.78 is 5.95. The molecule has 0 aliphatic rings. The summed E-state index contributed by atoms with van der Waals surface area (Å²) in [7, 11) is 0. The molecule has 0 saturated carbocycles. The minimum absolute atomic E-state index is 0.0482. The zero-order chi connectivity index (χ0) is 36.9. The quantitative estimate of drug-likeness (QED) is 0.0298. The van der Waals surface area contributed by atoms with Crippen molar-refractivity contribution < 1.29 is 34.1 Å². The Labute approximate surface area is 303 Å². The minimum atomic E-state index is -1.39. The van der Waals surface area contributed by atoms with Crippen LogP contribution in [-0.2, 0) is 23.9 Å². The first-order valence-electron chi connectivity index (χ1n) is 19.5. The van der Waals surface area contributed by atoms with Crippen molar-refractivity contribution in [1.29, 1.82) is 0 Å². The van der Waals surface area contributed by atoms with Gasteiger partial charge < -0.3 is 25.6 Å². The Kier molecular flexibility index (Phi) is 33.3. The number of hydrogen-bond acceptors (Lipinski definition) is 6. The topological polar surface area (TPSA) is 142 Å². The van der Waals surface area contributed by atoms with Crippen molar-refractivity contribution >= 4 is 23.8 Å². The van der Waals surface area contributed by atoms with E-state index < -0.39 is 24.5 Å². The Hall–Kier alpha value is -3.20. The van der Waals surface area contributed by atoms with Crippen LogP contribution in [0.3, 0.4) is 0 Å². The summed E-state index contributed by atoms with van der Waals surface area (Å²) in [6, 6.07) is -1.39. The summed E-state index contributed by atoms with van der Waals surface area (Å²) >= 11 is 0. The van der Waals surface area contributed by atoms with Gasteiger partial charge in [-0.25, -0.2) is 4.79 Å². The van der Waals surface area contributed by atoms with Gasteiger partial charge in [0.15, 0.2) is 0 Å². The molecule has 2 amide bonds. The summed E-state index contributed by atoms with van der Waals surface area (Å²) in [5.41, 5.74) is 0. The monoisotopic (exact) mass is 703 g/mol. The van der Waals surface area contributed by atoms with E-state index >= 15 is 0 Å². The van der Waals surface area contributed by atoms with Crippen LogP contribution in [0.5, 0.6) is 0 Å².